The molecule has 1 aromatic carbocycles. The average Bonchev–Trinajstić information content (AvgIpc) is 3.30. The predicted octanol–water partition coefficient (Wildman–Crippen LogP) is 2.82. The molecule has 2 amide bonds. The molecule has 0 saturated carbocycles. The number of urea groups is 1. The topological polar surface area (TPSA) is 47.6 Å². The first-order valence-electron chi connectivity index (χ1n) is 9.88. The van der Waals surface area contributed by atoms with Crippen molar-refractivity contribution in [3.63, 3.8) is 0 Å². The summed E-state index contributed by atoms with van der Waals surface area (Å²) >= 11 is 0. The summed E-state index contributed by atoms with van der Waals surface area (Å²) in [5.74, 6) is -0.816. The number of anilines is 1. The third-order valence-electron chi connectivity index (χ3n) is 5.70. The van der Waals surface area contributed by atoms with Crippen molar-refractivity contribution in [2.45, 2.75) is 32.7 Å². The number of nitrogens with zero attached hydrogens (tertiary/aromatic N) is 2. The summed E-state index contributed by atoms with van der Waals surface area (Å²) in [6, 6.07) is 4.43. The van der Waals surface area contributed by atoms with Crippen LogP contribution >= 0.6 is 0 Å². The molecule has 2 N–H and O–H groups in total. The monoisotopic (exact) mass is 380 g/mol. The quantitative estimate of drug-likeness (QED) is 0.798. The summed E-state index contributed by atoms with van der Waals surface area (Å²) in [5, 5.41) is 5.93. The van der Waals surface area contributed by atoms with E-state index in [1.165, 1.54) is 6.07 Å². The standard InChI is InChI=1S/C20H30F2N4O/c1-14(2)25-7-5-15(12-25)10-23-20(27)24-11-16-6-8-26(13-16)17-3-4-18(21)19(22)9-17/h3-4,9,14-16H,5-8,10-13H2,1-2H3,(H2,23,24,27)/t15-,16-/m0/s1. The zero-order valence-electron chi connectivity index (χ0n) is 16.2. The lowest BCUT2D eigenvalue weighted by Crippen LogP contribution is -2.41. The zero-order valence-corrected chi connectivity index (χ0v) is 16.2. The average molecular weight is 380 g/mol. The predicted molar refractivity (Wildman–Crippen MR) is 103 cm³/mol. The van der Waals surface area contributed by atoms with Crippen LogP contribution in [0.4, 0.5) is 19.3 Å². The number of nitrogens with one attached hydrogen (secondary N) is 2. The number of halogens is 2. The number of carbonyl (C=O) groups is 1. The molecule has 0 radical (unpaired) electrons. The zero-order chi connectivity index (χ0) is 19.4. The van der Waals surface area contributed by atoms with Crippen LogP contribution in [-0.2, 0) is 0 Å². The van der Waals surface area contributed by atoms with Crippen LogP contribution in [-0.4, -0.2) is 56.2 Å². The van der Waals surface area contributed by atoms with E-state index >= 15 is 0 Å². The summed E-state index contributed by atoms with van der Waals surface area (Å²) in [7, 11) is 0. The summed E-state index contributed by atoms with van der Waals surface area (Å²) in [5.41, 5.74) is 0.691. The smallest absolute Gasteiger partial charge is 0.314 e. The second kappa shape index (κ2) is 8.87. The number of hydrogen-bond acceptors (Lipinski definition) is 3. The van der Waals surface area contributed by atoms with Gasteiger partial charge in [-0.15, -0.1) is 0 Å². The van der Waals surface area contributed by atoms with Gasteiger partial charge >= 0.3 is 6.03 Å². The van der Waals surface area contributed by atoms with Crippen LogP contribution in [0.1, 0.15) is 26.7 Å². The fourth-order valence-electron chi connectivity index (χ4n) is 3.95. The number of likely N-dealkylation sites (tertiary alicyclic amines) is 1. The van der Waals surface area contributed by atoms with Crippen molar-refractivity contribution in [3.8, 4) is 0 Å². The SMILES string of the molecule is CC(C)N1CC[C@@H](CNC(=O)NC[C@@H]2CCN(c3ccc(F)c(F)c3)C2)C1. The molecule has 1 aromatic rings. The van der Waals surface area contributed by atoms with Gasteiger partial charge in [0, 0.05) is 50.5 Å². The molecule has 2 heterocycles. The van der Waals surface area contributed by atoms with Gasteiger partial charge in [-0.25, -0.2) is 13.6 Å². The minimum Gasteiger partial charge on any atom is -0.371 e. The van der Waals surface area contributed by atoms with Gasteiger partial charge in [0.2, 0.25) is 0 Å². The van der Waals surface area contributed by atoms with Gasteiger partial charge in [-0.2, -0.15) is 0 Å². The van der Waals surface area contributed by atoms with E-state index in [0.29, 0.717) is 36.7 Å². The Morgan fingerprint density at radius 1 is 1.07 bits per heavy atom. The number of amides is 2. The van der Waals surface area contributed by atoms with Crippen LogP contribution in [0.3, 0.4) is 0 Å². The number of benzene rings is 1. The molecule has 2 saturated heterocycles. The second-order valence-corrected chi connectivity index (χ2v) is 8.03. The molecule has 2 aliphatic rings. The van der Waals surface area contributed by atoms with Crippen molar-refractivity contribution in [2.75, 3.05) is 44.2 Å². The highest BCUT2D eigenvalue weighted by atomic mass is 19.2. The lowest BCUT2D eigenvalue weighted by Gasteiger charge is -2.20. The largest absolute Gasteiger partial charge is 0.371 e. The van der Waals surface area contributed by atoms with Gasteiger partial charge in [-0.05, 0) is 57.2 Å². The van der Waals surface area contributed by atoms with Gasteiger partial charge in [0.15, 0.2) is 11.6 Å². The number of carbonyl (C=O) groups excluding carboxylic acids is 1. The minimum absolute atomic E-state index is 0.121. The molecule has 0 aliphatic carbocycles. The number of hydrogen-bond donors (Lipinski definition) is 2. The Balaban J connectivity index is 1.35. The van der Waals surface area contributed by atoms with Crippen molar-refractivity contribution in [1.82, 2.24) is 15.5 Å². The summed E-state index contributed by atoms with van der Waals surface area (Å²) in [6.45, 7) is 9.37. The molecule has 2 atom stereocenters. The Morgan fingerprint density at radius 3 is 2.37 bits per heavy atom. The Bertz CT molecular complexity index is 655. The summed E-state index contributed by atoms with van der Waals surface area (Å²) in [6.07, 6.45) is 2.05. The second-order valence-electron chi connectivity index (χ2n) is 8.03. The molecule has 0 unspecified atom stereocenters. The minimum atomic E-state index is -0.827. The van der Waals surface area contributed by atoms with Crippen molar-refractivity contribution >= 4 is 11.7 Å². The first-order valence-corrected chi connectivity index (χ1v) is 9.88. The normalized spacial score (nSPS) is 23.2. The first-order chi connectivity index (χ1) is 12.9. The lowest BCUT2D eigenvalue weighted by atomic mass is 10.1. The van der Waals surface area contributed by atoms with E-state index in [-0.39, 0.29) is 6.03 Å². The maximum absolute atomic E-state index is 13.4. The highest BCUT2D eigenvalue weighted by Gasteiger charge is 2.26. The Hall–Kier alpha value is -1.89. The molecular weight excluding hydrogens is 350 g/mol. The van der Waals surface area contributed by atoms with Crippen molar-refractivity contribution in [2.24, 2.45) is 11.8 Å². The molecule has 0 bridgehead atoms. The van der Waals surface area contributed by atoms with Crippen molar-refractivity contribution in [3.05, 3.63) is 29.8 Å². The van der Waals surface area contributed by atoms with Crippen LogP contribution in [0.15, 0.2) is 18.2 Å². The van der Waals surface area contributed by atoms with Crippen LogP contribution < -0.4 is 15.5 Å². The van der Waals surface area contributed by atoms with E-state index in [9.17, 15) is 13.6 Å². The van der Waals surface area contributed by atoms with Crippen molar-refractivity contribution < 1.29 is 13.6 Å². The highest BCUT2D eigenvalue weighted by Crippen LogP contribution is 2.25. The molecule has 27 heavy (non-hydrogen) atoms. The molecule has 0 aromatic heterocycles. The molecule has 0 spiro atoms. The molecule has 150 valence electrons. The van der Waals surface area contributed by atoms with Gasteiger partial charge in [0.1, 0.15) is 0 Å². The van der Waals surface area contributed by atoms with E-state index in [0.717, 1.165) is 45.1 Å². The molecular formula is C20H30F2N4O. The van der Waals surface area contributed by atoms with Gasteiger partial charge in [0.25, 0.3) is 0 Å². The third kappa shape index (κ3) is 5.31. The maximum atomic E-state index is 13.4. The van der Waals surface area contributed by atoms with Crippen LogP contribution in [0, 0.1) is 23.5 Å². The van der Waals surface area contributed by atoms with Crippen LogP contribution in [0.5, 0.6) is 0 Å². The fourth-order valence-corrected chi connectivity index (χ4v) is 3.95. The van der Waals surface area contributed by atoms with Gasteiger partial charge in [0.05, 0.1) is 0 Å². The Morgan fingerprint density at radius 2 is 1.74 bits per heavy atom. The third-order valence-corrected chi connectivity index (χ3v) is 5.70. The molecule has 2 aliphatic heterocycles. The highest BCUT2D eigenvalue weighted by molar-refractivity contribution is 5.73. The molecule has 7 heteroatoms. The first kappa shape index (κ1) is 19.9. The van der Waals surface area contributed by atoms with Crippen LogP contribution in [0.2, 0.25) is 0 Å². The molecule has 3 rings (SSSR count). The van der Waals surface area contributed by atoms with E-state index in [2.05, 4.69) is 29.4 Å². The van der Waals surface area contributed by atoms with E-state index in [4.69, 9.17) is 0 Å². The van der Waals surface area contributed by atoms with E-state index in [1.807, 2.05) is 4.90 Å². The summed E-state index contributed by atoms with van der Waals surface area (Å²) < 4.78 is 26.5. The van der Waals surface area contributed by atoms with E-state index in [1.54, 1.807) is 6.07 Å². The fraction of sp³-hybridized carbons (Fsp3) is 0.650. The molecule has 2 fully saturated rings. The Kier molecular flexibility index (Phi) is 6.52. The van der Waals surface area contributed by atoms with Crippen molar-refractivity contribution in [1.29, 1.82) is 0 Å². The maximum Gasteiger partial charge on any atom is 0.314 e. The van der Waals surface area contributed by atoms with E-state index < -0.39 is 11.6 Å². The number of rotatable bonds is 6. The van der Waals surface area contributed by atoms with Crippen LogP contribution in [0.25, 0.3) is 0 Å². The Labute approximate surface area is 160 Å². The summed E-state index contributed by atoms with van der Waals surface area (Å²) in [4.78, 5) is 16.5. The molecule has 5 nitrogen and oxygen atoms in total. The van der Waals surface area contributed by atoms with Gasteiger partial charge in [-0.1, -0.05) is 0 Å². The van der Waals surface area contributed by atoms with Gasteiger partial charge in [-0.3, -0.25) is 0 Å². The lowest BCUT2D eigenvalue weighted by molar-refractivity contribution is 0.235. The van der Waals surface area contributed by atoms with Gasteiger partial charge < -0.3 is 20.4 Å².